The van der Waals surface area contributed by atoms with Gasteiger partial charge in [0.05, 0.1) is 17.9 Å². The van der Waals surface area contributed by atoms with Gasteiger partial charge in [-0.05, 0) is 31.2 Å². The Morgan fingerprint density at radius 2 is 1.45 bits per heavy atom. The van der Waals surface area contributed by atoms with Crippen molar-refractivity contribution < 1.29 is 4.79 Å². The van der Waals surface area contributed by atoms with Crippen molar-refractivity contribution in [1.82, 2.24) is 5.01 Å². The summed E-state index contributed by atoms with van der Waals surface area (Å²) in [7, 11) is 0. The zero-order valence-corrected chi connectivity index (χ0v) is 12.8. The average molecular weight is 292 g/mol. The highest BCUT2D eigenvalue weighted by Gasteiger charge is 2.22. The number of amides is 1. The highest BCUT2D eigenvalue weighted by molar-refractivity contribution is 5.94. The first kappa shape index (κ1) is 15.6. The molecular weight excluding hydrogens is 272 g/mol. The quantitative estimate of drug-likeness (QED) is 0.449. The van der Waals surface area contributed by atoms with Crippen molar-refractivity contribution >= 4 is 17.3 Å². The molecule has 22 heavy (non-hydrogen) atoms. The molecule has 0 aliphatic heterocycles. The van der Waals surface area contributed by atoms with E-state index < -0.39 is 0 Å². The van der Waals surface area contributed by atoms with Crippen LogP contribution in [0.15, 0.2) is 85.5 Å². The Bertz CT molecular complexity index is 610. The predicted molar refractivity (Wildman–Crippen MR) is 91.7 cm³/mol. The zero-order chi connectivity index (χ0) is 15.9. The molecule has 0 saturated heterocycles. The summed E-state index contributed by atoms with van der Waals surface area (Å²) in [6, 6.07) is 19.6. The number of rotatable bonds is 6. The lowest BCUT2D eigenvalue weighted by Gasteiger charge is -2.36. The minimum atomic E-state index is -0.132. The van der Waals surface area contributed by atoms with E-state index in [-0.39, 0.29) is 5.91 Å². The zero-order valence-electron chi connectivity index (χ0n) is 12.8. The number of nitrogens with zero attached hydrogens (tertiary/aromatic N) is 2. The summed E-state index contributed by atoms with van der Waals surface area (Å²) in [5.74, 6) is -0.132. The molecule has 0 spiro atoms. The molecule has 0 aliphatic carbocycles. The van der Waals surface area contributed by atoms with Crippen LogP contribution < -0.4 is 5.01 Å². The molecule has 0 N–H and O–H groups in total. The average Bonchev–Trinajstić information content (AvgIpc) is 2.55. The fourth-order valence-electron chi connectivity index (χ4n) is 2.16. The van der Waals surface area contributed by atoms with Crippen molar-refractivity contribution in [3.05, 3.63) is 85.5 Å². The highest BCUT2D eigenvalue weighted by atomic mass is 16.2. The number of para-hydroxylation sites is 2. The van der Waals surface area contributed by atoms with Crippen LogP contribution in [0.5, 0.6) is 0 Å². The minimum Gasteiger partial charge on any atom is -0.268 e. The number of hydrogen-bond donors (Lipinski definition) is 0. The van der Waals surface area contributed by atoms with E-state index in [1.807, 2.05) is 65.7 Å². The summed E-state index contributed by atoms with van der Waals surface area (Å²) in [5, 5.41) is 3.53. The van der Waals surface area contributed by atoms with Gasteiger partial charge in [0.15, 0.2) is 0 Å². The SMILES string of the molecule is C=CCN(C(=O)C(=C)C)N(c1ccccc1)c1ccccc1. The van der Waals surface area contributed by atoms with Gasteiger partial charge in [0.1, 0.15) is 0 Å². The first-order valence-electron chi connectivity index (χ1n) is 7.13. The Morgan fingerprint density at radius 3 is 1.82 bits per heavy atom. The standard InChI is InChI=1S/C19H20N2O/c1-4-15-20(19(22)16(2)3)21(17-11-7-5-8-12-17)18-13-9-6-10-14-18/h4-14H,1-2,15H2,3H3. The third-order valence-corrected chi connectivity index (χ3v) is 3.14. The monoisotopic (exact) mass is 292 g/mol. The Labute approximate surface area is 131 Å². The molecule has 0 saturated carbocycles. The molecule has 0 aliphatic rings. The van der Waals surface area contributed by atoms with Crippen LogP contribution in [0.3, 0.4) is 0 Å². The Balaban J connectivity index is 2.53. The van der Waals surface area contributed by atoms with E-state index in [2.05, 4.69) is 13.2 Å². The third-order valence-electron chi connectivity index (χ3n) is 3.14. The van der Waals surface area contributed by atoms with Gasteiger partial charge in [-0.1, -0.05) is 49.1 Å². The van der Waals surface area contributed by atoms with E-state index >= 15 is 0 Å². The molecule has 3 nitrogen and oxygen atoms in total. The summed E-state index contributed by atoms with van der Waals surface area (Å²) in [5.41, 5.74) is 2.30. The molecule has 0 atom stereocenters. The molecule has 0 aromatic heterocycles. The van der Waals surface area contributed by atoms with Crippen molar-refractivity contribution in [2.75, 3.05) is 11.6 Å². The molecule has 0 fully saturated rings. The lowest BCUT2D eigenvalue weighted by atomic mass is 10.2. The van der Waals surface area contributed by atoms with E-state index in [1.165, 1.54) is 0 Å². The van der Waals surface area contributed by atoms with Crippen molar-refractivity contribution in [3.63, 3.8) is 0 Å². The van der Waals surface area contributed by atoms with Crippen LogP contribution in [0.2, 0.25) is 0 Å². The molecule has 112 valence electrons. The second-order valence-electron chi connectivity index (χ2n) is 4.94. The van der Waals surface area contributed by atoms with E-state index in [0.717, 1.165) is 11.4 Å². The topological polar surface area (TPSA) is 23.6 Å². The molecule has 0 radical (unpaired) electrons. The molecule has 2 aromatic rings. The second kappa shape index (κ2) is 7.27. The van der Waals surface area contributed by atoms with Crippen LogP contribution in [-0.2, 0) is 4.79 Å². The van der Waals surface area contributed by atoms with Crippen molar-refractivity contribution in [2.24, 2.45) is 0 Å². The predicted octanol–water partition coefficient (Wildman–Crippen LogP) is 4.33. The van der Waals surface area contributed by atoms with Gasteiger partial charge in [-0.2, -0.15) is 0 Å². The molecule has 2 rings (SSSR count). The van der Waals surface area contributed by atoms with Gasteiger partial charge in [0.25, 0.3) is 5.91 Å². The van der Waals surface area contributed by atoms with E-state index in [1.54, 1.807) is 18.0 Å². The first-order chi connectivity index (χ1) is 10.6. The smallest absolute Gasteiger partial charge is 0.268 e. The molecule has 2 aromatic carbocycles. The largest absolute Gasteiger partial charge is 0.268 e. The lowest BCUT2D eigenvalue weighted by Crippen LogP contribution is -2.44. The number of hydrogen-bond acceptors (Lipinski definition) is 2. The molecule has 0 heterocycles. The van der Waals surface area contributed by atoms with Crippen LogP contribution >= 0.6 is 0 Å². The number of anilines is 2. The summed E-state index contributed by atoms with van der Waals surface area (Å²) in [6.07, 6.45) is 1.71. The van der Waals surface area contributed by atoms with E-state index in [9.17, 15) is 4.79 Å². The molecule has 3 heteroatoms. The summed E-state index contributed by atoms with van der Waals surface area (Å²) >= 11 is 0. The summed E-state index contributed by atoms with van der Waals surface area (Å²) in [4.78, 5) is 12.6. The fraction of sp³-hybridized carbons (Fsp3) is 0.105. The van der Waals surface area contributed by atoms with Gasteiger partial charge in [0, 0.05) is 5.57 Å². The Kier molecular flexibility index (Phi) is 5.15. The van der Waals surface area contributed by atoms with Gasteiger partial charge in [0.2, 0.25) is 0 Å². The van der Waals surface area contributed by atoms with Gasteiger partial charge in [-0.3, -0.25) is 9.80 Å². The Morgan fingerprint density at radius 1 is 1.00 bits per heavy atom. The Hall–Kier alpha value is -2.81. The van der Waals surface area contributed by atoms with Crippen LogP contribution in [0.1, 0.15) is 6.92 Å². The van der Waals surface area contributed by atoms with E-state index in [4.69, 9.17) is 0 Å². The summed E-state index contributed by atoms with van der Waals surface area (Å²) in [6.45, 7) is 9.65. The van der Waals surface area contributed by atoms with Gasteiger partial charge in [-0.25, -0.2) is 5.01 Å². The second-order valence-corrected chi connectivity index (χ2v) is 4.94. The molecule has 0 bridgehead atoms. The van der Waals surface area contributed by atoms with E-state index in [0.29, 0.717) is 12.1 Å². The van der Waals surface area contributed by atoms with Crippen molar-refractivity contribution in [1.29, 1.82) is 0 Å². The number of carbonyl (C=O) groups excluding carboxylic acids is 1. The third kappa shape index (κ3) is 3.44. The number of hydrazine groups is 1. The van der Waals surface area contributed by atoms with Crippen molar-refractivity contribution in [2.45, 2.75) is 6.92 Å². The minimum absolute atomic E-state index is 0.132. The maximum Gasteiger partial charge on any atom is 0.268 e. The number of benzene rings is 2. The lowest BCUT2D eigenvalue weighted by molar-refractivity contribution is -0.126. The molecule has 0 unspecified atom stereocenters. The summed E-state index contributed by atoms with van der Waals surface area (Å²) < 4.78 is 0. The maximum absolute atomic E-state index is 12.6. The van der Waals surface area contributed by atoms with Crippen molar-refractivity contribution in [3.8, 4) is 0 Å². The van der Waals surface area contributed by atoms with Crippen LogP contribution in [0.25, 0.3) is 0 Å². The van der Waals surface area contributed by atoms with Crippen LogP contribution in [0.4, 0.5) is 11.4 Å². The maximum atomic E-state index is 12.6. The normalized spacial score (nSPS) is 9.86. The van der Waals surface area contributed by atoms with Crippen LogP contribution in [0, 0.1) is 0 Å². The van der Waals surface area contributed by atoms with Crippen LogP contribution in [-0.4, -0.2) is 17.5 Å². The van der Waals surface area contributed by atoms with Gasteiger partial charge < -0.3 is 0 Å². The molecular formula is C19H20N2O. The fourth-order valence-corrected chi connectivity index (χ4v) is 2.16. The first-order valence-corrected chi connectivity index (χ1v) is 7.13. The number of carbonyl (C=O) groups is 1. The molecule has 1 amide bonds. The highest BCUT2D eigenvalue weighted by Crippen LogP contribution is 2.27. The van der Waals surface area contributed by atoms with Gasteiger partial charge in [-0.15, -0.1) is 6.58 Å². The van der Waals surface area contributed by atoms with Gasteiger partial charge >= 0.3 is 0 Å².